The lowest BCUT2D eigenvalue weighted by molar-refractivity contribution is -0.383. The van der Waals surface area contributed by atoms with E-state index in [2.05, 4.69) is 20.6 Å². The second-order valence-corrected chi connectivity index (χ2v) is 5.29. The van der Waals surface area contributed by atoms with Gasteiger partial charge >= 0.3 is 5.69 Å². The highest BCUT2D eigenvalue weighted by Crippen LogP contribution is 2.32. The molecule has 0 radical (unpaired) electrons. The van der Waals surface area contributed by atoms with Gasteiger partial charge in [-0.2, -0.15) is 0 Å². The van der Waals surface area contributed by atoms with Crippen LogP contribution in [0.1, 0.15) is 25.7 Å². The van der Waals surface area contributed by atoms with Gasteiger partial charge < -0.3 is 15.7 Å². The summed E-state index contributed by atoms with van der Waals surface area (Å²) in [5.74, 6) is 0.994. The van der Waals surface area contributed by atoms with Crippen molar-refractivity contribution in [3.8, 4) is 0 Å². The van der Waals surface area contributed by atoms with Gasteiger partial charge in [-0.25, -0.2) is 9.97 Å². The van der Waals surface area contributed by atoms with Crippen LogP contribution in [-0.4, -0.2) is 40.2 Å². The lowest BCUT2D eigenvalue weighted by Crippen LogP contribution is -2.29. The molecule has 0 aromatic carbocycles. The highest BCUT2D eigenvalue weighted by Gasteiger charge is 2.27. The zero-order valence-electron chi connectivity index (χ0n) is 12.1. The predicted octanol–water partition coefficient (Wildman–Crippen LogP) is 1.64. The van der Waals surface area contributed by atoms with Gasteiger partial charge in [0.05, 0.1) is 4.92 Å². The maximum Gasteiger partial charge on any atom is 0.353 e. The molecule has 1 aromatic rings. The Morgan fingerprint density at radius 3 is 2.62 bits per heavy atom. The van der Waals surface area contributed by atoms with Crippen LogP contribution in [0.4, 0.5) is 17.3 Å². The van der Waals surface area contributed by atoms with Crippen molar-refractivity contribution in [1.82, 2.24) is 9.97 Å². The minimum Gasteiger partial charge on any atom is -0.396 e. The highest BCUT2D eigenvalue weighted by molar-refractivity contribution is 5.68. The maximum absolute atomic E-state index is 11.2. The van der Waals surface area contributed by atoms with Gasteiger partial charge in [-0.15, -0.1) is 0 Å². The first-order chi connectivity index (χ1) is 10.2. The third-order valence-corrected chi connectivity index (χ3v) is 4.07. The number of aliphatic hydroxyl groups excluding tert-OH is 1. The number of hydrogen-bond donors (Lipinski definition) is 3. The summed E-state index contributed by atoms with van der Waals surface area (Å²) in [5, 5.41) is 26.4. The van der Waals surface area contributed by atoms with Crippen molar-refractivity contribution in [2.75, 3.05) is 30.8 Å². The van der Waals surface area contributed by atoms with E-state index < -0.39 is 4.92 Å². The van der Waals surface area contributed by atoms with Crippen molar-refractivity contribution in [2.24, 2.45) is 11.8 Å². The molecule has 0 aliphatic heterocycles. The summed E-state index contributed by atoms with van der Waals surface area (Å²) < 4.78 is 0. The van der Waals surface area contributed by atoms with Crippen LogP contribution in [0.15, 0.2) is 6.33 Å². The van der Waals surface area contributed by atoms with E-state index in [-0.39, 0.29) is 29.8 Å². The summed E-state index contributed by atoms with van der Waals surface area (Å²) in [7, 11) is 1.59. The molecule has 8 heteroatoms. The number of aromatic nitrogens is 2. The molecular formula is C13H21N5O3. The first kappa shape index (κ1) is 15.4. The van der Waals surface area contributed by atoms with Crippen LogP contribution in [0.5, 0.6) is 0 Å². The molecule has 1 aliphatic carbocycles. The Bertz CT molecular complexity index is 497. The van der Waals surface area contributed by atoms with Gasteiger partial charge in [0.1, 0.15) is 6.33 Å². The minimum atomic E-state index is -0.488. The second-order valence-electron chi connectivity index (χ2n) is 5.29. The van der Waals surface area contributed by atoms with Crippen molar-refractivity contribution >= 4 is 17.3 Å². The summed E-state index contributed by atoms with van der Waals surface area (Å²) in [6.45, 7) is 0.742. The van der Waals surface area contributed by atoms with Crippen LogP contribution >= 0.6 is 0 Å². The Kier molecular flexibility index (Phi) is 5.26. The van der Waals surface area contributed by atoms with Gasteiger partial charge in [-0.05, 0) is 24.7 Å². The lowest BCUT2D eigenvalue weighted by Gasteiger charge is -2.30. The largest absolute Gasteiger partial charge is 0.396 e. The Morgan fingerprint density at radius 2 is 2.00 bits per heavy atom. The Balaban J connectivity index is 2.10. The molecule has 2 unspecified atom stereocenters. The number of nitrogens with one attached hydrogen (secondary N) is 2. The third-order valence-electron chi connectivity index (χ3n) is 4.07. The smallest absolute Gasteiger partial charge is 0.353 e. The minimum absolute atomic E-state index is 0.142. The van der Waals surface area contributed by atoms with Crippen LogP contribution in [0.3, 0.4) is 0 Å². The lowest BCUT2D eigenvalue weighted by atomic mass is 9.79. The van der Waals surface area contributed by atoms with E-state index in [1.807, 2.05) is 0 Å². The molecule has 3 N–H and O–H groups in total. The van der Waals surface area contributed by atoms with Gasteiger partial charge in [-0.3, -0.25) is 10.1 Å². The zero-order chi connectivity index (χ0) is 15.2. The number of anilines is 2. The Labute approximate surface area is 123 Å². The summed E-state index contributed by atoms with van der Waals surface area (Å²) in [4.78, 5) is 18.5. The van der Waals surface area contributed by atoms with E-state index in [9.17, 15) is 15.2 Å². The molecule has 1 heterocycles. The summed E-state index contributed by atoms with van der Waals surface area (Å²) >= 11 is 0. The fraction of sp³-hybridized carbons (Fsp3) is 0.692. The number of nitrogens with zero attached hydrogens (tertiary/aromatic N) is 3. The molecule has 21 heavy (non-hydrogen) atoms. The summed E-state index contributed by atoms with van der Waals surface area (Å²) in [6.07, 6.45) is 5.60. The second kappa shape index (κ2) is 7.16. The van der Waals surface area contributed by atoms with Crippen molar-refractivity contribution in [2.45, 2.75) is 25.7 Å². The van der Waals surface area contributed by atoms with Crippen molar-refractivity contribution in [3.63, 3.8) is 0 Å². The van der Waals surface area contributed by atoms with Gasteiger partial charge in [0.15, 0.2) is 0 Å². The van der Waals surface area contributed by atoms with E-state index >= 15 is 0 Å². The van der Waals surface area contributed by atoms with Crippen molar-refractivity contribution in [3.05, 3.63) is 16.4 Å². The van der Waals surface area contributed by atoms with Crippen LogP contribution in [0.2, 0.25) is 0 Å². The molecular weight excluding hydrogens is 274 g/mol. The van der Waals surface area contributed by atoms with E-state index in [1.54, 1.807) is 7.05 Å². The summed E-state index contributed by atoms with van der Waals surface area (Å²) in [5.41, 5.74) is -0.142. The molecule has 1 aliphatic rings. The first-order valence-corrected chi connectivity index (χ1v) is 7.19. The van der Waals surface area contributed by atoms with E-state index in [0.29, 0.717) is 12.5 Å². The fourth-order valence-electron chi connectivity index (χ4n) is 2.89. The summed E-state index contributed by atoms with van der Waals surface area (Å²) in [6, 6.07) is 0. The third kappa shape index (κ3) is 3.57. The number of hydrogen-bond acceptors (Lipinski definition) is 7. The molecule has 0 amide bonds. The molecule has 1 aromatic heterocycles. The number of rotatable bonds is 6. The van der Waals surface area contributed by atoms with Gasteiger partial charge in [-0.1, -0.05) is 12.8 Å². The maximum atomic E-state index is 11.2. The standard InChI is InChI=1S/C13H21N5O3/c1-14-12-11(18(20)21)13(17-8-16-12)15-6-9-4-2-3-5-10(9)7-19/h8-10,19H,2-7H2,1H3,(H2,14,15,16,17). The fourth-order valence-corrected chi connectivity index (χ4v) is 2.89. The predicted molar refractivity (Wildman–Crippen MR) is 79.3 cm³/mol. The molecule has 0 spiro atoms. The van der Waals surface area contributed by atoms with Crippen LogP contribution in [0, 0.1) is 22.0 Å². The van der Waals surface area contributed by atoms with Crippen LogP contribution < -0.4 is 10.6 Å². The van der Waals surface area contributed by atoms with Crippen LogP contribution in [0.25, 0.3) is 0 Å². The SMILES string of the molecule is CNc1ncnc(NCC2CCCCC2CO)c1[N+](=O)[O-]. The molecule has 0 saturated heterocycles. The van der Waals surface area contributed by atoms with Crippen LogP contribution in [-0.2, 0) is 0 Å². The highest BCUT2D eigenvalue weighted by atomic mass is 16.6. The molecule has 0 bridgehead atoms. The van der Waals surface area contributed by atoms with E-state index in [0.717, 1.165) is 25.7 Å². The molecule has 2 rings (SSSR count). The zero-order valence-corrected chi connectivity index (χ0v) is 12.1. The monoisotopic (exact) mass is 295 g/mol. The number of nitro groups is 1. The van der Waals surface area contributed by atoms with Gasteiger partial charge in [0, 0.05) is 20.2 Å². The Morgan fingerprint density at radius 1 is 1.33 bits per heavy atom. The number of aliphatic hydroxyl groups is 1. The normalized spacial score (nSPS) is 21.8. The topological polar surface area (TPSA) is 113 Å². The molecule has 8 nitrogen and oxygen atoms in total. The molecule has 1 fully saturated rings. The van der Waals surface area contributed by atoms with Gasteiger partial charge in [0.25, 0.3) is 0 Å². The quantitative estimate of drug-likeness (QED) is 0.540. The first-order valence-electron chi connectivity index (χ1n) is 7.19. The average Bonchev–Trinajstić information content (AvgIpc) is 2.52. The van der Waals surface area contributed by atoms with Crippen molar-refractivity contribution in [1.29, 1.82) is 0 Å². The van der Waals surface area contributed by atoms with Crippen molar-refractivity contribution < 1.29 is 10.0 Å². The molecule has 116 valence electrons. The molecule has 1 saturated carbocycles. The average molecular weight is 295 g/mol. The van der Waals surface area contributed by atoms with E-state index in [4.69, 9.17) is 0 Å². The van der Waals surface area contributed by atoms with Gasteiger partial charge in [0.2, 0.25) is 11.6 Å². The van der Waals surface area contributed by atoms with E-state index in [1.165, 1.54) is 6.33 Å². The Hall–Kier alpha value is -1.96. The molecule has 2 atom stereocenters.